The number of hydrogen-bond donors (Lipinski definition) is 2. The van der Waals surface area contributed by atoms with Gasteiger partial charge in [-0.25, -0.2) is 0 Å². The van der Waals surface area contributed by atoms with Crippen LogP contribution in [0, 0.1) is 23.7 Å². The summed E-state index contributed by atoms with van der Waals surface area (Å²) in [5, 5.41) is 13.5. The summed E-state index contributed by atoms with van der Waals surface area (Å²) in [4.78, 5) is 36.0. The molecule has 2 N–H and O–H groups in total. The summed E-state index contributed by atoms with van der Waals surface area (Å²) in [6.45, 7) is 8.22. The van der Waals surface area contributed by atoms with Crippen molar-refractivity contribution < 1.29 is 33.7 Å². The summed E-state index contributed by atoms with van der Waals surface area (Å²) >= 11 is 0. The minimum absolute atomic E-state index is 0.0182. The molecule has 1 aromatic rings. The van der Waals surface area contributed by atoms with Gasteiger partial charge in [0.1, 0.15) is 11.7 Å². The lowest BCUT2D eigenvalue weighted by Gasteiger charge is -2.44. The number of allylic oxidation sites excluding steroid dienone is 1. The standard InChI is InChI=1S/C29H41NO7/c1-19(26(33)28(3,34)14-15-35-5)10-9-13-22-25(36-18-32)24(20(2)29(4)27(22)37-29)23(30-17-31)16-21-11-7-6-8-12-21/h6-9,11-13,17-20,22-25,27,34H,10,14-16H2,1-5H3,(H,30,31)/t19-,20?,22+,23-,24-,25+,27-,28+,29+/m0/s1. The molecule has 1 aliphatic heterocycles. The number of ether oxygens (including phenoxy) is 3. The second kappa shape index (κ2) is 12.3. The van der Waals surface area contributed by atoms with Crippen LogP contribution in [0.25, 0.3) is 0 Å². The SMILES string of the molecule is COCC[C@@](C)(O)C(=O)[C@@H](C)CC=C[C@@H]1[C@@H](OC=O)[C@H]([C@H](Cc2ccccc2)NC=O)C(C)[C@@]2(C)O[C@@H]12. The van der Waals surface area contributed by atoms with Crippen molar-refractivity contribution in [3.05, 3.63) is 48.0 Å². The average Bonchev–Trinajstić information content (AvgIpc) is 3.58. The number of methoxy groups -OCH3 is 1. The highest BCUT2D eigenvalue weighted by atomic mass is 16.6. The molecule has 0 spiro atoms. The Morgan fingerprint density at radius 1 is 1.30 bits per heavy atom. The predicted molar refractivity (Wildman–Crippen MR) is 139 cm³/mol. The second-order valence-corrected chi connectivity index (χ2v) is 10.9. The van der Waals surface area contributed by atoms with Crippen LogP contribution in [0.1, 0.15) is 46.1 Å². The summed E-state index contributed by atoms with van der Waals surface area (Å²) in [5.41, 5.74) is -0.795. The van der Waals surface area contributed by atoms with Gasteiger partial charge < -0.3 is 24.6 Å². The Balaban J connectivity index is 1.81. The maximum absolute atomic E-state index is 12.8. The first-order valence-electron chi connectivity index (χ1n) is 13.0. The van der Waals surface area contributed by atoms with Crippen LogP contribution in [0.15, 0.2) is 42.5 Å². The largest absolute Gasteiger partial charge is 0.463 e. The Hall–Kier alpha value is -2.55. The van der Waals surface area contributed by atoms with Crippen LogP contribution in [0.5, 0.6) is 0 Å². The molecule has 0 radical (unpaired) electrons. The highest BCUT2D eigenvalue weighted by molar-refractivity contribution is 5.88. The van der Waals surface area contributed by atoms with Crippen molar-refractivity contribution in [2.24, 2.45) is 23.7 Å². The fourth-order valence-electron chi connectivity index (χ4n) is 5.96. The molecule has 2 fully saturated rings. The third kappa shape index (κ3) is 6.48. The van der Waals surface area contributed by atoms with Crippen molar-refractivity contribution in [2.45, 2.75) is 76.4 Å². The fraction of sp³-hybridized carbons (Fsp3) is 0.621. The Morgan fingerprint density at radius 3 is 2.62 bits per heavy atom. The maximum Gasteiger partial charge on any atom is 0.293 e. The van der Waals surface area contributed by atoms with E-state index in [1.54, 1.807) is 6.92 Å². The fourth-order valence-corrected chi connectivity index (χ4v) is 5.96. The number of rotatable bonds is 15. The first-order valence-corrected chi connectivity index (χ1v) is 13.0. The molecule has 1 heterocycles. The van der Waals surface area contributed by atoms with E-state index in [2.05, 4.69) is 19.2 Å². The topological polar surface area (TPSA) is 114 Å². The molecule has 8 nitrogen and oxygen atoms in total. The van der Waals surface area contributed by atoms with Crippen LogP contribution in [0.2, 0.25) is 0 Å². The van der Waals surface area contributed by atoms with Gasteiger partial charge in [-0.1, -0.05) is 56.3 Å². The molecule has 1 unspecified atom stereocenters. The molecule has 9 atom stereocenters. The number of nitrogens with one attached hydrogen (secondary N) is 1. The number of amides is 1. The monoisotopic (exact) mass is 515 g/mol. The number of epoxide rings is 1. The Morgan fingerprint density at radius 2 is 2.00 bits per heavy atom. The zero-order valence-corrected chi connectivity index (χ0v) is 22.5. The third-order valence-electron chi connectivity index (χ3n) is 8.36. The number of carbonyl (C=O) groups is 3. The minimum Gasteiger partial charge on any atom is -0.463 e. The van der Waals surface area contributed by atoms with E-state index >= 15 is 0 Å². The molecular weight excluding hydrogens is 474 g/mol. The molecule has 204 valence electrons. The van der Waals surface area contributed by atoms with Crippen LogP contribution >= 0.6 is 0 Å². The van der Waals surface area contributed by atoms with Crippen LogP contribution in [-0.2, 0) is 35.0 Å². The van der Waals surface area contributed by atoms with Gasteiger partial charge in [0.15, 0.2) is 5.78 Å². The Bertz CT molecular complexity index is 949. The number of fused-ring (bicyclic) bond motifs is 1. The molecule has 8 heteroatoms. The van der Waals surface area contributed by atoms with Crippen molar-refractivity contribution >= 4 is 18.7 Å². The predicted octanol–water partition coefficient (Wildman–Crippen LogP) is 2.86. The van der Waals surface area contributed by atoms with E-state index in [-0.39, 0.29) is 42.1 Å². The average molecular weight is 516 g/mol. The lowest BCUT2D eigenvalue weighted by Crippen LogP contribution is -2.56. The van der Waals surface area contributed by atoms with Crippen LogP contribution in [0.4, 0.5) is 0 Å². The number of ketones is 1. The molecule has 0 bridgehead atoms. The molecule has 1 aromatic carbocycles. The van der Waals surface area contributed by atoms with Crippen LogP contribution in [0.3, 0.4) is 0 Å². The van der Waals surface area contributed by atoms with E-state index in [0.717, 1.165) is 5.56 Å². The van der Waals surface area contributed by atoms with Crippen molar-refractivity contribution in [1.29, 1.82) is 0 Å². The summed E-state index contributed by atoms with van der Waals surface area (Å²) in [7, 11) is 1.53. The number of hydrogen-bond acceptors (Lipinski definition) is 7. The van der Waals surface area contributed by atoms with Crippen molar-refractivity contribution in [2.75, 3.05) is 13.7 Å². The van der Waals surface area contributed by atoms with E-state index in [0.29, 0.717) is 32.3 Å². The Kier molecular flexibility index (Phi) is 9.67. The molecule has 3 rings (SSSR count). The molecule has 2 aliphatic rings. The van der Waals surface area contributed by atoms with Gasteiger partial charge >= 0.3 is 0 Å². The molecule has 1 amide bonds. The second-order valence-electron chi connectivity index (χ2n) is 10.9. The molecule has 0 aromatic heterocycles. The number of Topliss-reactive ketones (excluding diaryl/α,β-unsaturated/α-hetero) is 1. The maximum atomic E-state index is 12.8. The quantitative estimate of drug-likeness (QED) is 0.210. The molecular formula is C29H41NO7. The number of benzene rings is 1. The van der Waals surface area contributed by atoms with E-state index in [4.69, 9.17) is 14.2 Å². The van der Waals surface area contributed by atoms with Gasteiger partial charge in [-0.3, -0.25) is 14.4 Å². The zero-order valence-electron chi connectivity index (χ0n) is 22.5. The first kappa shape index (κ1) is 29.0. The lowest BCUT2D eigenvalue weighted by molar-refractivity contribution is -0.143. The molecule has 1 saturated carbocycles. The van der Waals surface area contributed by atoms with Crippen LogP contribution < -0.4 is 5.32 Å². The first-order chi connectivity index (χ1) is 17.6. The van der Waals surface area contributed by atoms with Crippen molar-refractivity contribution in [3.8, 4) is 0 Å². The van der Waals surface area contributed by atoms with E-state index in [9.17, 15) is 19.5 Å². The summed E-state index contributed by atoms with van der Waals surface area (Å²) in [5.74, 6) is -1.05. The summed E-state index contributed by atoms with van der Waals surface area (Å²) < 4.78 is 16.9. The minimum atomic E-state index is -1.46. The van der Waals surface area contributed by atoms with Gasteiger partial charge in [0.05, 0.1) is 11.7 Å². The van der Waals surface area contributed by atoms with E-state index in [1.807, 2.05) is 42.5 Å². The zero-order chi connectivity index (χ0) is 27.2. The number of aliphatic hydroxyl groups is 1. The molecule has 1 saturated heterocycles. The molecule has 1 aliphatic carbocycles. The third-order valence-corrected chi connectivity index (χ3v) is 8.36. The van der Waals surface area contributed by atoms with E-state index in [1.165, 1.54) is 14.0 Å². The highest BCUT2D eigenvalue weighted by Crippen LogP contribution is 2.57. The van der Waals surface area contributed by atoms with Gasteiger partial charge in [-0.05, 0) is 38.2 Å². The van der Waals surface area contributed by atoms with Crippen molar-refractivity contribution in [3.63, 3.8) is 0 Å². The van der Waals surface area contributed by atoms with Gasteiger partial charge in [0.2, 0.25) is 6.41 Å². The smallest absolute Gasteiger partial charge is 0.293 e. The van der Waals surface area contributed by atoms with Gasteiger partial charge in [0, 0.05) is 43.9 Å². The summed E-state index contributed by atoms with van der Waals surface area (Å²) in [6, 6.07) is 9.61. The van der Waals surface area contributed by atoms with Crippen LogP contribution in [-0.4, -0.2) is 66.9 Å². The Labute approximate surface area is 219 Å². The van der Waals surface area contributed by atoms with Gasteiger partial charge in [-0.15, -0.1) is 0 Å². The van der Waals surface area contributed by atoms with E-state index < -0.39 is 23.2 Å². The lowest BCUT2D eigenvalue weighted by atomic mass is 9.64. The number of carbonyl (C=O) groups excluding carboxylic acids is 3. The van der Waals surface area contributed by atoms with Gasteiger partial charge in [0.25, 0.3) is 6.47 Å². The normalized spacial score (nSPS) is 32.0. The highest BCUT2D eigenvalue weighted by Gasteiger charge is 2.68. The van der Waals surface area contributed by atoms with Gasteiger partial charge in [-0.2, -0.15) is 0 Å². The summed E-state index contributed by atoms with van der Waals surface area (Å²) in [6.07, 6.45) is 5.18. The van der Waals surface area contributed by atoms with Crippen molar-refractivity contribution in [1.82, 2.24) is 5.32 Å². The molecule has 37 heavy (non-hydrogen) atoms.